The van der Waals surface area contributed by atoms with Crippen LogP contribution in [0.25, 0.3) is 22.6 Å². The van der Waals surface area contributed by atoms with Crippen molar-refractivity contribution in [3.63, 3.8) is 0 Å². The van der Waals surface area contributed by atoms with Gasteiger partial charge in [0.05, 0.1) is 17.1 Å². The summed E-state index contributed by atoms with van der Waals surface area (Å²) >= 11 is 6.48. The lowest BCUT2D eigenvalue weighted by Crippen LogP contribution is -2.13. The molecule has 2 heterocycles. The molecule has 0 amide bonds. The van der Waals surface area contributed by atoms with Gasteiger partial charge in [-0.1, -0.05) is 41.9 Å². The van der Waals surface area contributed by atoms with Gasteiger partial charge < -0.3 is 14.4 Å². The molecule has 0 atom stereocenters. The number of rotatable bonds is 6. The monoisotopic (exact) mass is 434 g/mol. The molecule has 0 saturated heterocycles. The number of ether oxygens (including phenoxy) is 1. The number of aromatic carboxylic acids is 1. The minimum Gasteiger partial charge on any atom is -0.478 e. The zero-order valence-electron chi connectivity index (χ0n) is 16.7. The van der Waals surface area contributed by atoms with Crippen molar-refractivity contribution in [1.82, 2.24) is 19.5 Å². The Morgan fingerprint density at radius 3 is 2.65 bits per heavy atom. The van der Waals surface area contributed by atoms with Crippen LogP contribution in [0.2, 0.25) is 5.02 Å². The quantitative estimate of drug-likeness (QED) is 0.467. The highest BCUT2D eigenvalue weighted by Crippen LogP contribution is 2.41. The summed E-state index contributed by atoms with van der Waals surface area (Å²) < 4.78 is 8.08. The molecule has 0 unspecified atom stereocenters. The minimum atomic E-state index is -1.04. The van der Waals surface area contributed by atoms with Gasteiger partial charge in [0.25, 0.3) is 0 Å². The largest absolute Gasteiger partial charge is 0.478 e. The Morgan fingerprint density at radius 2 is 1.97 bits per heavy atom. The van der Waals surface area contributed by atoms with Gasteiger partial charge in [0.1, 0.15) is 17.8 Å². The van der Waals surface area contributed by atoms with Gasteiger partial charge >= 0.3 is 5.97 Å². The molecule has 0 radical (unpaired) electrons. The summed E-state index contributed by atoms with van der Waals surface area (Å²) in [6.45, 7) is 2.56. The van der Waals surface area contributed by atoms with Crippen LogP contribution >= 0.6 is 11.6 Å². The smallest absolute Gasteiger partial charge is 0.335 e. The maximum Gasteiger partial charge on any atom is 0.335 e. The number of nitrogens with zero attached hydrogens (tertiary/aromatic N) is 4. The maximum absolute atomic E-state index is 11.3. The predicted octanol–water partition coefficient (Wildman–Crippen LogP) is 4.82. The number of hydrogen-bond acceptors (Lipinski definition) is 5. The van der Waals surface area contributed by atoms with Crippen molar-refractivity contribution >= 4 is 28.7 Å². The molecule has 4 aromatic rings. The van der Waals surface area contributed by atoms with Crippen LogP contribution in [0.15, 0.2) is 54.9 Å². The summed E-state index contributed by atoms with van der Waals surface area (Å²) in [6.07, 6.45) is 3.42. The van der Waals surface area contributed by atoms with Gasteiger partial charge in [0.2, 0.25) is 5.88 Å². The SMILES string of the molecule is CC1(Oc2ncnc3c2nc(-c2ccc(C(=O)O)cc2Cl)n3Cc2ccccc2)CC1. The predicted molar refractivity (Wildman–Crippen MR) is 117 cm³/mol. The molecule has 1 fully saturated rings. The second kappa shape index (κ2) is 7.35. The Hall–Kier alpha value is -3.45. The molecule has 0 spiro atoms. The van der Waals surface area contributed by atoms with Crippen LogP contribution in [0.4, 0.5) is 0 Å². The summed E-state index contributed by atoms with van der Waals surface area (Å²) in [7, 11) is 0. The normalized spacial score (nSPS) is 14.5. The Kier molecular flexibility index (Phi) is 4.63. The Morgan fingerprint density at radius 1 is 1.19 bits per heavy atom. The first-order valence-electron chi connectivity index (χ1n) is 9.91. The lowest BCUT2D eigenvalue weighted by Gasteiger charge is -2.12. The van der Waals surface area contributed by atoms with Crippen LogP contribution in [-0.4, -0.2) is 36.2 Å². The average molecular weight is 435 g/mol. The fraction of sp³-hybridized carbons (Fsp3) is 0.217. The fourth-order valence-electron chi connectivity index (χ4n) is 3.45. The highest BCUT2D eigenvalue weighted by Gasteiger charge is 2.41. The van der Waals surface area contributed by atoms with Crippen molar-refractivity contribution < 1.29 is 14.6 Å². The molecule has 1 aliphatic rings. The van der Waals surface area contributed by atoms with E-state index in [1.54, 1.807) is 6.07 Å². The molecule has 156 valence electrons. The number of benzene rings is 2. The Labute approximate surface area is 183 Å². The number of carboxylic acid groups (broad SMARTS) is 1. The van der Waals surface area contributed by atoms with Gasteiger partial charge in [0.15, 0.2) is 11.2 Å². The summed E-state index contributed by atoms with van der Waals surface area (Å²) in [4.78, 5) is 24.9. The molecule has 8 heteroatoms. The molecule has 31 heavy (non-hydrogen) atoms. The second-order valence-electron chi connectivity index (χ2n) is 7.91. The van der Waals surface area contributed by atoms with E-state index in [0.717, 1.165) is 18.4 Å². The summed E-state index contributed by atoms with van der Waals surface area (Å²) in [5, 5.41) is 9.57. The number of fused-ring (bicyclic) bond motifs is 1. The number of aromatic nitrogens is 4. The van der Waals surface area contributed by atoms with Crippen molar-refractivity contribution in [2.45, 2.75) is 31.9 Å². The van der Waals surface area contributed by atoms with Gasteiger partial charge in [-0.2, -0.15) is 4.98 Å². The van der Waals surface area contributed by atoms with Gasteiger partial charge in [-0.15, -0.1) is 0 Å². The molecule has 2 aromatic heterocycles. The second-order valence-corrected chi connectivity index (χ2v) is 8.32. The van der Waals surface area contributed by atoms with E-state index in [4.69, 9.17) is 21.3 Å². The van der Waals surface area contributed by atoms with Crippen molar-refractivity contribution in [2.75, 3.05) is 0 Å². The van der Waals surface area contributed by atoms with E-state index in [2.05, 4.69) is 9.97 Å². The third-order valence-electron chi connectivity index (χ3n) is 5.44. The number of carboxylic acids is 1. The number of hydrogen-bond donors (Lipinski definition) is 1. The van der Waals surface area contributed by atoms with Crippen LogP contribution in [-0.2, 0) is 6.54 Å². The van der Waals surface area contributed by atoms with E-state index in [9.17, 15) is 9.90 Å². The molecule has 0 bridgehead atoms. The zero-order valence-corrected chi connectivity index (χ0v) is 17.5. The maximum atomic E-state index is 11.3. The van der Waals surface area contributed by atoms with Crippen molar-refractivity contribution in [3.05, 3.63) is 71.0 Å². The van der Waals surface area contributed by atoms with Crippen LogP contribution in [0, 0.1) is 0 Å². The molecule has 2 aromatic carbocycles. The number of imidazole rings is 1. The van der Waals surface area contributed by atoms with Crippen molar-refractivity contribution in [1.29, 1.82) is 0 Å². The van der Waals surface area contributed by atoms with Crippen LogP contribution in [0.1, 0.15) is 35.7 Å². The van der Waals surface area contributed by atoms with Crippen molar-refractivity contribution in [3.8, 4) is 17.3 Å². The van der Waals surface area contributed by atoms with Gasteiger partial charge in [-0.25, -0.2) is 14.8 Å². The molecule has 5 rings (SSSR count). The molecule has 0 aliphatic heterocycles. The van der Waals surface area contributed by atoms with E-state index in [1.165, 1.54) is 18.5 Å². The van der Waals surface area contributed by atoms with Crippen LogP contribution in [0.5, 0.6) is 5.88 Å². The van der Waals surface area contributed by atoms with E-state index >= 15 is 0 Å². The minimum absolute atomic E-state index is 0.116. The molecule has 1 aliphatic carbocycles. The fourth-order valence-corrected chi connectivity index (χ4v) is 3.72. The van der Waals surface area contributed by atoms with Crippen molar-refractivity contribution in [2.24, 2.45) is 0 Å². The van der Waals surface area contributed by atoms with Gasteiger partial charge in [0, 0.05) is 5.56 Å². The summed E-state index contributed by atoms with van der Waals surface area (Å²) in [5.74, 6) is -0.0195. The first-order valence-corrected chi connectivity index (χ1v) is 10.3. The van der Waals surface area contributed by atoms with E-state index in [1.807, 2.05) is 41.8 Å². The number of halogens is 1. The first-order chi connectivity index (χ1) is 14.9. The molecular weight excluding hydrogens is 416 g/mol. The van der Waals surface area contributed by atoms with Crippen LogP contribution in [0.3, 0.4) is 0 Å². The topological polar surface area (TPSA) is 90.1 Å². The molecule has 1 saturated carbocycles. The third kappa shape index (κ3) is 3.72. The Balaban J connectivity index is 1.69. The highest BCUT2D eigenvalue weighted by molar-refractivity contribution is 6.33. The van der Waals surface area contributed by atoms with Crippen LogP contribution < -0.4 is 4.74 Å². The van der Waals surface area contributed by atoms with E-state index in [0.29, 0.717) is 40.0 Å². The van der Waals surface area contributed by atoms with Gasteiger partial charge in [-0.3, -0.25) is 0 Å². The van der Waals surface area contributed by atoms with E-state index < -0.39 is 5.97 Å². The standard InChI is InChI=1S/C23H19ClN4O3/c1-23(9-10-23)31-21-18-20(25-13-26-21)28(12-14-5-3-2-4-6-14)19(27-18)16-8-7-15(22(29)30)11-17(16)24/h2-8,11,13H,9-10,12H2,1H3,(H,29,30). The number of carbonyl (C=O) groups is 1. The molecule has 1 N–H and O–H groups in total. The summed E-state index contributed by atoms with van der Waals surface area (Å²) in [6, 6.07) is 14.6. The Bertz CT molecular complexity index is 1300. The van der Waals surface area contributed by atoms with E-state index in [-0.39, 0.29) is 11.2 Å². The first kappa shape index (κ1) is 19.5. The average Bonchev–Trinajstić information content (AvgIpc) is 3.37. The van der Waals surface area contributed by atoms with Gasteiger partial charge in [-0.05, 0) is 43.5 Å². The summed E-state index contributed by atoms with van der Waals surface area (Å²) in [5.41, 5.74) is 2.77. The zero-order chi connectivity index (χ0) is 21.6. The molecule has 7 nitrogen and oxygen atoms in total. The lowest BCUT2D eigenvalue weighted by atomic mass is 10.1. The lowest BCUT2D eigenvalue weighted by molar-refractivity contribution is 0.0697. The molecular formula is C23H19ClN4O3. The third-order valence-corrected chi connectivity index (χ3v) is 5.75. The highest BCUT2D eigenvalue weighted by atomic mass is 35.5.